The number of nitro groups is 1. The van der Waals surface area contributed by atoms with Gasteiger partial charge < -0.3 is 0 Å². The van der Waals surface area contributed by atoms with Gasteiger partial charge >= 0.3 is 0 Å². The van der Waals surface area contributed by atoms with Gasteiger partial charge in [0.25, 0.3) is 5.69 Å². The minimum Gasteiger partial charge on any atom is -0.294 e. The third-order valence-electron chi connectivity index (χ3n) is 5.99. The number of hydrogen-bond donors (Lipinski definition) is 0. The monoisotopic (exact) mass is 313 g/mol. The molecule has 2 saturated carbocycles. The Hall–Kier alpha value is -2.30. The van der Waals surface area contributed by atoms with Gasteiger partial charge in [-0.3, -0.25) is 19.7 Å². The molecule has 5 heteroatoms. The molecule has 1 aromatic carbocycles. The Labute approximate surface area is 134 Å². The number of nitrogens with zero attached hydrogens (tertiary/aromatic N) is 1. The summed E-state index contributed by atoms with van der Waals surface area (Å²) in [7, 11) is 0. The Bertz CT molecular complexity index is 762. The van der Waals surface area contributed by atoms with Crippen molar-refractivity contribution in [2.45, 2.75) is 33.6 Å². The summed E-state index contributed by atoms with van der Waals surface area (Å²) in [6.45, 7) is 5.86. The molecule has 23 heavy (non-hydrogen) atoms. The second-order valence-electron chi connectivity index (χ2n) is 7.21. The first-order valence-corrected chi connectivity index (χ1v) is 7.74. The fraction of sp³-hybridized carbons (Fsp3) is 0.444. The molecule has 1 aromatic rings. The van der Waals surface area contributed by atoms with E-state index >= 15 is 0 Å². The molecule has 0 aromatic heterocycles. The molecule has 0 spiro atoms. The van der Waals surface area contributed by atoms with Gasteiger partial charge in [-0.05, 0) is 30.4 Å². The Morgan fingerprint density at radius 1 is 1.22 bits per heavy atom. The number of hydrogen-bond acceptors (Lipinski definition) is 4. The molecule has 3 rings (SSSR count). The number of para-hydroxylation sites is 1. The molecule has 0 heterocycles. The van der Waals surface area contributed by atoms with E-state index in [1.54, 1.807) is 18.2 Å². The van der Waals surface area contributed by atoms with Crippen LogP contribution in [-0.2, 0) is 9.59 Å². The van der Waals surface area contributed by atoms with E-state index in [0.29, 0.717) is 18.4 Å². The third-order valence-corrected chi connectivity index (χ3v) is 5.99. The van der Waals surface area contributed by atoms with Crippen molar-refractivity contribution in [3.63, 3.8) is 0 Å². The summed E-state index contributed by atoms with van der Waals surface area (Å²) in [6.07, 6.45) is 2.79. The van der Waals surface area contributed by atoms with E-state index in [1.807, 2.05) is 20.8 Å². The van der Waals surface area contributed by atoms with Crippen LogP contribution in [0.1, 0.15) is 39.2 Å². The standard InChI is InChI=1S/C18H19NO4/c1-17(2)13-8-9-18(17,3)16(21)12(15(13)20)10-11-6-4-5-7-14(11)19(22)23/h4-7,10,13H,8-9H2,1-3H3/b12-10+/t13-,18-/m0/s1. The second kappa shape index (κ2) is 4.85. The lowest BCUT2D eigenvalue weighted by atomic mass is 9.57. The van der Waals surface area contributed by atoms with Crippen LogP contribution in [0.25, 0.3) is 6.08 Å². The van der Waals surface area contributed by atoms with Gasteiger partial charge in [-0.25, -0.2) is 0 Å². The number of ketones is 2. The zero-order valence-electron chi connectivity index (χ0n) is 13.5. The summed E-state index contributed by atoms with van der Waals surface area (Å²) in [6, 6.07) is 6.18. The lowest BCUT2D eigenvalue weighted by molar-refractivity contribution is -0.385. The maximum atomic E-state index is 13.0. The predicted octanol–water partition coefficient (Wildman–Crippen LogP) is 3.57. The van der Waals surface area contributed by atoms with Gasteiger partial charge in [0, 0.05) is 17.4 Å². The SMILES string of the molecule is CC1(C)[C@H]2CC[C@@]1(C)C(=O)/C(=C/c1ccccc1[N+](=O)[O-])C2=O. The first-order chi connectivity index (χ1) is 10.7. The quantitative estimate of drug-likeness (QED) is 0.362. The van der Waals surface area contributed by atoms with Gasteiger partial charge in [0.05, 0.1) is 16.1 Å². The summed E-state index contributed by atoms with van der Waals surface area (Å²) in [5, 5.41) is 11.1. The van der Waals surface area contributed by atoms with Crippen LogP contribution in [0.5, 0.6) is 0 Å². The van der Waals surface area contributed by atoms with Gasteiger partial charge in [-0.1, -0.05) is 32.9 Å². The molecule has 0 N–H and O–H groups in total. The molecule has 5 nitrogen and oxygen atoms in total. The van der Waals surface area contributed by atoms with Crippen LogP contribution >= 0.6 is 0 Å². The molecular formula is C18H19NO4. The maximum Gasteiger partial charge on any atom is 0.276 e. The zero-order valence-corrected chi connectivity index (χ0v) is 13.5. The van der Waals surface area contributed by atoms with Gasteiger partial charge in [0.2, 0.25) is 0 Å². The molecule has 120 valence electrons. The lowest BCUT2D eigenvalue weighted by Crippen LogP contribution is -2.49. The molecule has 0 saturated heterocycles. The summed E-state index contributed by atoms with van der Waals surface area (Å²) in [5.41, 5.74) is -0.634. The first kappa shape index (κ1) is 15.6. The van der Waals surface area contributed by atoms with E-state index in [1.165, 1.54) is 12.1 Å². The summed E-state index contributed by atoms with van der Waals surface area (Å²) >= 11 is 0. The van der Waals surface area contributed by atoms with Gasteiger partial charge in [0.1, 0.15) is 0 Å². The number of rotatable bonds is 2. The predicted molar refractivity (Wildman–Crippen MR) is 85.7 cm³/mol. The molecule has 2 atom stereocenters. The average Bonchev–Trinajstić information content (AvgIpc) is 2.69. The maximum absolute atomic E-state index is 13.0. The van der Waals surface area contributed by atoms with Crippen LogP contribution in [0.3, 0.4) is 0 Å². The number of allylic oxidation sites excluding steroid dienone is 1. The highest BCUT2D eigenvalue weighted by atomic mass is 16.6. The number of benzene rings is 1. The molecule has 2 bridgehead atoms. The number of carbonyl (C=O) groups excluding carboxylic acids is 2. The molecule has 0 aliphatic heterocycles. The molecule has 2 fully saturated rings. The lowest BCUT2D eigenvalue weighted by Gasteiger charge is -2.44. The van der Waals surface area contributed by atoms with E-state index < -0.39 is 10.3 Å². The fourth-order valence-electron chi connectivity index (χ4n) is 4.03. The van der Waals surface area contributed by atoms with Crippen LogP contribution in [0.4, 0.5) is 5.69 Å². The Kier molecular flexibility index (Phi) is 3.29. The van der Waals surface area contributed by atoms with Crippen molar-refractivity contribution >= 4 is 23.3 Å². The van der Waals surface area contributed by atoms with Crippen LogP contribution in [-0.4, -0.2) is 16.5 Å². The van der Waals surface area contributed by atoms with Crippen molar-refractivity contribution < 1.29 is 14.5 Å². The van der Waals surface area contributed by atoms with Crippen LogP contribution < -0.4 is 0 Å². The van der Waals surface area contributed by atoms with E-state index in [4.69, 9.17) is 0 Å². The average molecular weight is 313 g/mol. The van der Waals surface area contributed by atoms with E-state index in [0.717, 1.165) is 0 Å². The first-order valence-electron chi connectivity index (χ1n) is 7.74. The van der Waals surface area contributed by atoms with Gasteiger partial charge in [-0.15, -0.1) is 0 Å². The number of carbonyl (C=O) groups is 2. The Morgan fingerprint density at radius 3 is 2.52 bits per heavy atom. The number of nitro benzene ring substituents is 1. The summed E-state index contributed by atoms with van der Waals surface area (Å²) in [4.78, 5) is 36.4. The van der Waals surface area contributed by atoms with E-state index in [9.17, 15) is 19.7 Å². The van der Waals surface area contributed by atoms with Crippen molar-refractivity contribution in [2.24, 2.45) is 16.7 Å². The highest BCUT2D eigenvalue weighted by molar-refractivity contribution is 6.28. The molecule has 0 radical (unpaired) electrons. The number of Topliss-reactive ketones (excluding diaryl/α,β-unsaturated/α-hetero) is 2. The van der Waals surface area contributed by atoms with Crippen molar-refractivity contribution in [1.29, 1.82) is 0 Å². The van der Waals surface area contributed by atoms with Crippen molar-refractivity contribution in [3.05, 3.63) is 45.5 Å². The topological polar surface area (TPSA) is 77.3 Å². The van der Waals surface area contributed by atoms with E-state index in [2.05, 4.69) is 0 Å². The molecule has 0 unspecified atom stereocenters. The second-order valence-corrected chi connectivity index (χ2v) is 7.21. The summed E-state index contributed by atoms with van der Waals surface area (Å²) < 4.78 is 0. The Balaban J connectivity index is 2.14. The molecule has 2 aliphatic rings. The largest absolute Gasteiger partial charge is 0.294 e. The molecular weight excluding hydrogens is 294 g/mol. The van der Waals surface area contributed by atoms with E-state index in [-0.39, 0.29) is 34.2 Å². The zero-order chi connectivity index (χ0) is 17.0. The van der Waals surface area contributed by atoms with Crippen LogP contribution in [0, 0.1) is 26.9 Å². The highest BCUT2D eigenvalue weighted by Gasteiger charge is 2.63. The van der Waals surface area contributed by atoms with Crippen molar-refractivity contribution in [1.82, 2.24) is 0 Å². The smallest absolute Gasteiger partial charge is 0.276 e. The van der Waals surface area contributed by atoms with Gasteiger partial charge in [-0.2, -0.15) is 0 Å². The van der Waals surface area contributed by atoms with Gasteiger partial charge in [0.15, 0.2) is 11.6 Å². The minimum absolute atomic E-state index is 0.0945. The molecule has 0 amide bonds. The molecule has 2 aliphatic carbocycles. The van der Waals surface area contributed by atoms with Crippen molar-refractivity contribution in [3.8, 4) is 0 Å². The Morgan fingerprint density at radius 2 is 1.87 bits per heavy atom. The highest BCUT2D eigenvalue weighted by Crippen LogP contribution is 2.61. The minimum atomic E-state index is -0.582. The van der Waals surface area contributed by atoms with Crippen LogP contribution in [0.15, 0.2) is 29.8 Å². The van der Waals surface area contributed by atoms with Crippen LogP contribution in [0.2, 0.25) is 0 Å². The third kappa shape index (κ3) is 1.99. The number of fused-ring (bicyclic) bond motifs is 2. The fourth-order valence-corrected chi connectivity index (χ4v) is 4.03. The normalized spacial score (nSPS) is 30.7. The van der Waals surface area contributed by atoms with Crippen molar-refractivity contribution in [2.75, 3.05) is 0 Å². The summed E-state index contributed by atoms with van der Waals surface area (Å²) in [5.74, 6) is -0.549.